The number of nitrogens with zero attached hydrogens (tertiary/aromatic N) is 1. The van der Waals surface area contributed by atoms with Gasteiger partial charge in [0, 0.05) is 5.56 Å². The summed E-state index contributed by atoms with van der Waals surface area (Å²) in [5.41, 5.74) is 4.60. The van der Waals surface area contributed by atoms with E-state index >= 15 is 0 Å². The van der Waals surface area contributed by atoms with Gasteiger partial charge >= 0.3 is 0 Å². The lowest BCUT2D eigenvalue weighted by Gasteiger charge is -2.17. The molecule has 21 heavy (non-hydrogen) atoms. The van der Waals surface area contributed by atoms with Crippen molar-refractivity contribution in [1.29, 1.82) is 5.26 Å². The second-order valence-electron chi connectivity index (χ2n) is 5.24. The minimum Gasteiger partial charge on any atom is -0.346 e. The minimum atomic E-state index is -0.132. The predicted molar refractivity (Wildman–Crippen MR) is 83.0 cm³/mol. The largest absolute Gasteiger partial charge is 0.346 e. The highest BCUT2D eigenvalue weighted by Crippen LogP contribution is 2.19. The van der Waals surface area contributed by atoms with Crippen molar-refractivity contribution in [3.63, 3.8) is 0 Å². The van der Waals surface area contributed by atoms with Crippen LogP contribution in [-0.2, 0) is 0 Å². The molecule has 0 aliphatic carbocycles. The minimum absolute atomic E-state index is 0.0613. The van der Waals surface area contributed by atoms with E-state index in [-0.39, 0.29) is 11.9 Å². The quantitative estimate of drug-likeness (QED) is 0.931. The van der Waals surface area contributed by atoms with E-state index < -0.39 is 0 Å². The third kappa shape index (κ3) is 3.49. The first kappa shape index (κ1) is 14.8. The molecule has 106 valence electrons. The van der Waals surface area contributed by atoms with Gasteiger partial charge < -0.3 is 5.32 Å². The smallest absolute Gasteiger partial charge is 0.251 e. The molecule has 0 saturated heterocycles. The molecule has 2 rings (SSSR count). The van der Waals surface area contributed by atoms with Crippen molar-refractivity contribution in [2.45, 2.75) is 26.8 Å². The molecular weight excluding hydrogens is 260 g/mol. The molecule has 0 unspecified atom stereocenters. The van der Waals surface area contributed by atoms with Crippen LogP contribution < -0.4 is 5.32 Å². The Hall–Kier alpha value is -2.60. The van der Waals surface area contributed by atoms with Gasteiger partial charge in [-0.2, -0.15) is 5.26 Å². The molecule has 0 spiro atoms. The molecule has 0 aliphatic heterocycles. The second kappa shape index (κ2) is 6.23. The molecule has 0 saturated carbocycles. The number of carbonyl (C=O) groups is 1. The van der Waals surface area contributed by atoms with Gasteiger partial charge in [-0.1, -0.05) is 23.8 Å². The Morgan fingerprint density at radius 1 is 1.14 bits per heavy atom. The Morgan fingerprint density at radius 3 is 2.38 bits per heavy atom. The molecule has 1 amide bonds. The number of nitrogens with one attached hydrogen (secondary N) is 1. The lowest BCUT2D eigenvalue weighted by molar-refractivity contribution is 0.0940. The Balaban J connectivity index is 2.13. The average Bonchev–Trinajstić information content (AvgIpc) is 2.47. The summed E-state index contributed by atoms with van der Waals surface area (Å²) in [6.45, 7) is 6.07. The van der Waals surface area contributed by atoms with E-state index in [1.54, 1.807) is 24.3 Å². The molecule has 0 radical (unpaired) electrons. The van der Waals surface area contributed by atoms with E-state index in [4.69, 9.17) is 5.26 Å². The fourth-order valence-electron chi connectivity index (χ4n) is 2.37. The van der Waals surface area contributed by atoms with Crippen LogP contribution in [0.15, 0.2) is 42.5 Å². The monoisotopic (exact) mass is 278 g/mol. The van der Waals surface area contributed by atoms with Crippen LogP contribution >= 0.6 is 0 Å². The Kier molecular flexibility index (Phi) is 4.39. The lowest BCUT2D eigenvalue weighted by Crippen LogP contribution is -2.27. The zero-order valence-electron chi connectivity index (χ0n) is 12.5. The number of benzene rings is 2. The fraction of sp³-hybridized carbons (Fsp3) is 0.222. The maximum Gasteiger partial charge on any atom is 0.251 e. The van der Waals surface area contributed by atoms with Crippen molar-refractivity contribution in [3.8, 4) is 6.07 Å². The number of hydrogen-bond acceptors (Lipinski definition) is 2. The average molecular weight is 278 g/mol. The van der Waals surface area contributed by atoms with E-state index in [9.17, 15) is 4.79 Å². The normalized spacial score (nSPS) is 11.5. The van der Waals surface area contributed by atoms with Gasteiger partial charge in [0.05, 0.1) is 17.7 Å². The topological polar surface area (TPSA) is 52.9 Å². The summed E-state index contributed by atoms with van der Waals surface area (Å²) in [6.07, 6.45) is 0. The molecule has 2 aromatic carbocycles. The van der Waals surface area contributed by atoms with Crippen LogP contribution in [0, 0.1) is 25.2 Å². The van der Waals surface area contributed by atoms with Crippen molar-refractivity contribution in [3.05, 3.63) is 70.3 Å². The van der Waals surface area contributed by atoms with Crippen molar-refractivity contribution >= 4 is 5.91 Å². The number of hydrogen-bond donors (Lipinski definition) is 1. The first-order chi connectivity index (χ1) is 10.0. The highest BCUT2D eigenvalue weighted by Gasteiger charge is 2.13. The van der Waals surface area contributed by atoms with Gasteiger partial charge in [-0.25, -0.2) is 0 Å². The molecule has 0 aromatic heterocycles. The Morgan fingerprint density at radius 2 is 1.81 bits per heavy atom. The zero-order chi connectivity index (χ0) is 15.4. The van der Waals surface area contributed by atoms with Crippen LogP contribution in [0.1, 0.15) is 45.6 Å². The molecular formula is C18H18N2O. The summed E-state index contributed by atoms with van der Waals surface area (Å²) in [7, 11) is 0. The molecule has 1 N–H and O–H groups in total. The van der Waals surface area contributed by atoms with Gasteiger partial charge in [0.2, 0.25) is 0 Å². The van der Waals surface area contributed by atoms with Gasteiger partial charge in [-0.05, 0) is 56.2 Å². The predicted octanol–water partition coefficient (Wildman–Crippen LogP) is 3.67. The summed E-state index contributed by atoms with van der Waals surface area (Å²) >= 11 is 0. The first-order valence-electron chi connectivity index (χ1n) is 6.89. The van der Waals surface area contributed by atoms with Crippen LogP contribution in [0.3, 0.4) is 0 Å². The Labute approximate surface area is 125 Å². The highest BCUT2D eigenvalue weighted by molar-refractivity contribution is 5.94. The summed E-state index contributed by atoms with van der Waals surface area (Å²) < 4.78 is 0. The highest BCUT2D eigenvalue weighted by atomic mass is 16.1. The van der Waals surface area contributed by atoms with Crippen LogP contribution in [0.5, 0.6) is 0 Å². The number of nitriles is 1. The van der Waals surface area contributed by atoms with E-state index in [2.05, 4.69) is 18.3 Å². The fourth-order valence-corrected chi connectivity index (χ4v) is 2.37. The third-order valence-corrected chi connectivity index (χ3v) is 3.52. The number of carbonyl (C=O) groups excluding carboxylic acids is 1. The maximum atomic E-state index is 12.2. The number of amides is 1. The molecule has 0 bridgehead atoms. The standard InChI is InChI=1S/C18H18N2O/c1-12-4-9-17(13(2)10-12)14(3)20-18(21)16-7-5-15(11-19)6-8-16/h4-10,14H,1-3H3,(H,20,21)/t14-/m1/s1. The van der Waals surface area contributed by atoms with Crippen LogP contribution in [-0.4, -0.2) is 5.91 Å². The zero-order valence-corrected chi connectivity index (χ0v) is 12.5. The van der Waals surface area contributed by atoms with Gasteiger partial charge in [-0.15, -0.1) is 0 Å². The number of aryl methyl sites for hydroxylation is 2. The van der Waals surface area contributed by atoms with Crippen molar-refractivity contribution < 1.29 is 4.79 Å². The van der Waals surface area contributed by atoms with E-state index in [1.165, 1.54) is 11.1 Å². The molecule has 0 aliphatic rings. The van der Waals surface area contributed by atoms with Crippen molar-refractivity contribution in [2.24, 2.45) is 0 Å². The third-order valence-electron chi connectivity index (χ3n) is 3.52. The second-order valence-corrected chi connectivity index (χ2v) is 5.24. The SMILES string of the molecule is Cc1ccc([C@@H](C)NC(=O)c2ccc(C#N)cc2)c(C)c1. The van der Waals surface area contributed by atoms with Gasteiger partial charge in [-0.3, -0.25) is 4.79 Å². The molecule has 3 heteroatoms. The van der Waals surface area contributed by atoms with Crippen molar-refractivity contribution in [1.82, 2.24) is 5.32 Å². The lowest BCUT2D eigenvalue weighted by atomic mass is 10.00. The van der Waals surface area contributed by atoms with E-state index in [0.29, 0.717) is 11.1 Å². The van der Waals surface area contributed by atoms with Crippen LogP contribution in [0.4, 0.5) is 0 Å². The first-order valence-corrected chi connectivity index (χ1v) is 6.89. The van der Waals surface area contributed by atoms with Gasteiger partial charge in [0.1, 0.15) is 0 Å². The molecule has 0 heterocycles. The molecule has 3 nitrogen and oxygen atoms in total. The van der Waals surface area contributed by atoms with Crippen molar-refractivity contribution in [2.75, 3.05) is 0 Å². The summed E-state index contributed by atoms with van der Waals surface area (Å²) in [4.78, 5) is 12.2. The van der Waals surface area contributed by atoms with Gasteiger partial charge in [0.15, 0.2) is 0 Å². The van der Waals surface area contributed by atoms with Crippen LogP contribution in [0.25, 0.3) is 0 Å². The van der Waals surface area contributed by atoms with E-state index in [0.717, 1.165) is 5.56 Å². The molecule has 0 fully saturated rings. The summed E-state index contributed by atoms with van der Waals surface area (Å²) in [5, 5.41) is 11.8. The van der Waals surface area contributed by atoms with E-state index in [1.807, 2.05) is 32.0 Å². The van der Waals surface area contributed by atoms with Crippen LogP contribution in [0.2, 0.25) is 0 Å². The summed E-state index contributed by atoms with van der Waals surface area (Å²) in [5.74, 6) is -0.132. The summed E-state index contributed by atoms with van der Waals surface area (Å²) in [6, 6.07) is 14.8. The maximum absolute atomic E-state index is 12.2. The van der Waals surface area contributed by atoms with Gasteiger partial charge in [0.25, 0.3) is 5.91 Å². The number of rotatable bonds is 3. The molecule has 1 atom stereocenters. The molecule has 2 aromatic rings. The Bertz CT molecular complexity index is 696.